The fourth-order valence-corrected chi connectivity index (χ4v) is 1.91. The molecular weight excluding hydrogens is 265 g/mol. The van der Waals surface area contributed by atoms with Crippen LogP contribution in [0.2, 0.25) is 0 Å². The van der Waals surface area contributed by atoms with E-state index < -0.39 is 23.0 Å². The van der Waals surface area contributed by atoms with Crippen molar-refractivity contribution in [2.45, 2.75) is 25.3 Å². The number of rotatable bonds is 4. The van der Waals surface area contributed by atoms with Crippen LogP contribution in [-0.4, -0.2) is 34.0 Å². The molecule has 0 spiro atoms. The average molecular weight is 274 g/mol. The maximum Gasteiger partial charge on any atom is 0.451 e. The van der Waals surface area contributed by atoms with Crippen LogP contribution in [0, 0.1) is 0 Å². The Hall–Kier alpha value is -0.630. The predicted octanol–water partition coefficient (Wildman–Crippen LogP) is 2.13. The van der Waals surface area contributed by atoms with Gasteiger partial charge in [0.15, 0.2) is 5.78 Å². The summed E-state index contributed by atoms with van der Waals surface area (Å²) in [4.78, 5) is 21.8. The van der Waals surface area contributed by atoms with E-state index in [0.29, 0.717) is 11.8 Å². The summed E-state index contributed by atoms with van der Waals surface area (Å²) in [7, 11) is 0. The zero-order valence-corrected chi connectivity index (χ0v) is 10.1. The van der Waals surface area contributed by atoms with Crippen molar-refractivity contribution in [2.24, 2.45) is 0 Å². The van der Waals surface area contributed by atoms with E-state index >= 15 is 0 Å². The molecule has 1 unspecified atom stereocenters. The number of carbonyl (C=O) groups excluding carboxylic acids is 2. The van der Waals surface area contributed by atoms with Gasteiger partial charge in [-0.25, -0.2) is 0 Å². The first-order valence-corrected chi connectivity index (χ1v) is 5.43. The Balaban J connectivity index is 4.70. The average Bonchev–Trinajstić information content (AvgIpc) is 2.11. The van der Waals surface area contributed by atoms with Gasteiger partial charge < -0.3 is 4.74 Å². The van der Waals surface area contributed by atoms with E-state index in [0.717, 1.165) is 6.92 Å². The van der Waals surface area contributed by atoms with Crippen molar-refractivity contribution in [1.29, 1.82) is 0 Å². The second-order valence-electron chi connectivity index (χ2n) is 2.65. The Labute approximate surface area is 99.7 Å². The van der Waals surface area contributed by atoms with E-state index in [1.165, 1.54) is 0 Å². The Kier molecular flexibility index (Phi) is 5.95. The molecule has 0 aromatic carbocycles. The molecule has 0 rings (SSSR count). The molecule has 0 aromatic rings. The van der Waals surface area contributed by atoms with Gasteiger partial charge in [0.25, 0.3) is 5.78 Å². The van der Waals surface area contributed by atoms with E-state index in [9.17, 15) is 22.8 Å². The van der Waals surface area contributed by atoms with E-state index in [2.05, 4.69) is 12.2 Å². The molecule has 0 aliphatic heterocycles. The van der Waals surface area contributed by atoms with Gasteiger partial charge in [-0.2, -0.15) is 13.2 Å². The summed E-state index contributed by atoms with van der Waals surface area (Å²) < 4.78 is 40.7. The molecule has 0 radical (unpaired) electrons. The number of halogens is 3. The maximum atomic E-state index is 12.1. The Morgan fingerprint density at radius 2 is 1.94 bits per heavy atom. The van der Waals surface area contributed by atoms with Crippen LogP contribution in [-0.2, 0) is 14.3 Å². The van der Waals surface area contributed by atoms with Crippen LogP contribution in [0.5, 0.6) is 0 Å². The van der Waals surface area contributed by atoms with Crippen molar-refractivity contribution < 1.29 is 27.5 Å². The fraction of sp³-hybridized carbons (Fsp3) is 0.625. The fourth-order valence-electron chi connectivity index (χ4n) is 0.718. The Bertz CT molecular complexity index is 301. The normalized spacial score (nSPS) is 13.1. The molecule has 92 valence electrons. The molecule has 0 heterocycles. The van der Waals surface area contributed by atoms with Crippen molar-refractivity contribution in [3.05, 3.63) is 0 Å². The molecule has 3 nitrogen and oxygen atoms in total. The molecule has 0 bridgehead atoms. The first-order chi connectivity index (χ1) is 7.20. The second kappa shape index (κ2) is 6.19. The molecule has 0 fully saturated rings. The summed E-state index contributed by atoms with van der Waals surface area (Å²) >= 11 is 4.86. The number of thioether (sulfide) groups is 1. The summed E-state index contributed by atoms with van der Waals surface area (Å²) in [6, 6.07) is 0. The molecule has 16 heavy (non-hydrogen) atoms. The quantitative estimate of drug-likeness (QED) is 0.580. The van der Waals surface area contributed by atoms with E-state index in [-0.39, 0.29) is 11.0 Å². The maximum absolute atomic E-state index is 12.1. The van der Waals surface area contributed by atoms with Crippen LogP contribution in [0.1, 0.15) is 13.8 Å². The monoisotopic (exact) mass is 274 g/mol. The van der Waals surface area contributed by atoms with Crippen LogP contribution < -0.4 is 0 Å². The minimum absolute atomic E-state index is 0.163. The van der Waals surface area contributed by atoms with E-state index in [4.69, 9.17) is 4.74 Å². The lowest BCUT2D eigenvalue weighted by Gasteiger charge is -2.14. The smallest absolute Gasteiger partial charge is 0.451 e. The summed E-state index contributed by atoms with van der Waals surface area (Å²) in [6.45, 7) is 2.65. The Morgan fingerprint density at radius 3 is 2.25 bits per heavy atom. The number of hydrogen-bond donors (Lipinski definition) is 0. The zero-order chi connectivity index (χ0) is 12.9. The molecule has 0 saturated carbocycles. The molecular formula is C8H9F3O3S2. The van der Waals surface area contributed by atoms with Gasteiger partial charge in [0.1, 0.15) is 5.25 Å². The Morgan fingerprint density at radius 1 is 1.44 bits per heavy atom. The second-order valence-corrected chi connectivity index (χ2v) is 4.36. The number of ether oxygens (including phenoxy) is 1. The lowest BCUT2D eigenvalue weighted by molar-refractivity contribution is -0.171. The minimum atomic E-state index is -5.05. The lowest BCUT2D eigenvalue weighted by Crippen LogP contribution is -2.37. The van der Waals surface area contributed by atoms with Gasteiger partial charge in [0, 0.05) is 0 Å². The largest absolute Gasteiger partial charge is 0.479 e. The van der Waals surface area contributed by atoms with Gasteiger partial charge in [0.2, 0.25) is 4.38 Å². The summed E-state index contributed by atoms with van der Waals surface area (Å²) in [5.74, 6) is -3.03. The van der Waals surface area contributed by atoms with Crippen molar-refractivity contribution in [1.82, 2.24) is 0 Å². The number of Topliss-reactive ketones (excluding diaryl/α,β-unsaturated/α-hetero) is 2. The highest BCUT2D eigenvalue weighted by molar-refractivity contribution is 8.23. The third-order valence-electron chi connectivity index (χ3n) is 1.36. The van der Waals surface area contributed by atoms with Gasteiger partial charge in [-0.3, -0.25) is 9.59 Å². The van der Waals surface area contributed by atoms with E-state index in [1.807, 2.05) is 0 Å². The standard InChI is InChI=1S/C8H9F3O3S2/c1-3-14-7(15)16-5(4(2)12)6(13)8(9,10)11/h5H,3H2,1-2H3. The molecule has 1 atom stereocenters. The first-order valence-electron chi connectivity index (χ1n) is 4.15. The zero-order valence-electron chi connectivity index (χ0n) is 8.46. The van der Waals surface area contributed by atoms with Crippen LogP contribution >= 0.6 is 24.0 Å². The van der Waals surface area contributed by atoms with Crippen molar-refractivity contribution in [3.8, 4) is 0 Å². The number of hydrogen-bond acceptors (Lipinski definition) is 5. The third kappa shape index (κ3) is 4.93. The predicted molar refractivity (Wildman–Crippen MR) is 57.3 cm³/mol. The SMILES string of the molecule is CCOC(=S)SC(C(C)=O)C(=O)C(F)(F)F. The van der Waals surface area contributed by atoms with Crippen molar-refractivity contribution in [2.75, 3.05) is 6.61 Å². The summed E-state index contributed by atoms with van der Waals surface area (Å²) in [5, 5.41) is -1.88. The highest BCUT2D eigenvalue weighted by Gasteiger charge is 2.46. The highest BCUT2D eigenvalue weighted by atomic mass is 32.2. The molecule has 0 aliphatic carbocycles. The topological polar surface area (TPSA) is 43.4 Å². The number of thiocarbonyl (C=S) groups is 1. The molecule has 0 aliphatic rings. The first kappa shape index (κ1) is 15.4. The number of ketones is 2. The molecule has 0 saturated heterocycles. The lowest BCUT2D eigenvalue weighted by atomic mass is 10.2. The van der Waals surface area contributed by atoms with Gasteiger partial charge >= 0.3 is 6.18 Å². The summed E-state index contributed by atoms with van der Waals surface area (Å²) in [6.07, 6.45) is -5.05. The van der Waals surface area contributed by atoms with Crippen LogP contribution in [0.3, 0.4) is 0 Å². The molecule has 0 amide bonds. The van der Waals surface area contributed by atoms with Gasteiger partial charge in [-0.15, -0.1) is 0 Å². The van der Waals surface area contributed by atoms with E-state index in [1.54, 1.807) is 6.92 Å². The highest BCUT2D eigenvalue weighted by Crippen LogP contribution is 2.26. The molecule has 8 heteroatoms. The summed E-state index contributed by atoms with van der Waals surface area (Å²) in [5.41, 5.74) is 0. The van der Waals surface area contributed by atoms with Gasteiger partial charge in [0.05, 0.1) is 6.61 Å². The van der Waals surface area contributed by atoms with Crippen molar-refractivity contribution >= 4 is 39.9 Å². The molecule has 0 N–H and O–H groups in total. The number of alkyl halides is 3. The molecule has 0 aromatic heterocycles. The van der Waals surface area contributed by atoms with Crippen LogP contribution in [0.4, 0.5) is 13.2 Å². The van der Waals surface area contributed by atoms with Crippen LogP contribution in [0.25, 0.3) is 0 Å². The number of carbonyl (C=O) groups is 2. The van der Waals surface area contributed by atoms with Crippen LogP contribution in [0.15, 0.2) is 0 Å². The van der Waals surface area contributed by atoms with Gasteiger partial charge in [-0.1, -0.05) is 11.8 Å². The van der Waals surface area contributed by atoms with Gasteiger partial charge in [-0.05, 0) is 26.1 Å². The minimum Gasteiger partial charge on any atom is -0.479 e. The van der Waals surface area contributed by atoms with Crippen molar-refractivity contribution in [3.63, 3.8) is 0 Å². The third-order valence-corrected chi connectivity index (χ3v) is 2.86.